The molecule has 4 aromatic rings. The molecule has 8 rings (SSSR count). The maximum Gasteiger partial charge on any atom is 0.404 e. The van der Waals surface area contributed by atoms with E-state index in [1.807, 2.05) is 24.4 Å². The Balaban J connectivity index is 0.000000178. The summed E-state index contributed by atoms with van der Waals surface area (Å²) in [6, 6.07) is 12.3. The summed E-state index contributed by atoms with van der Waals surface area (Å²) in [5, 5.41) is 4.93. The summed E-state index contributed by atoms with van der Waals surface area (Å²) in [6.45, 7) is 2.30. The topological polar surface area (TPSA) is 75.2 Å². The molecule has 4 aliphatic rings. The number of aryl methyl sites for hydroxylation is 4. The molecule has 2 aliphatic heterocycles. The fourth-order valence-corrected chi connectivity index (χ4v) is 13.4. The van der Waals surface area contributed by atoms with Gasteiger partial charge in [-0.1, -0.05) is 55.1 Å². The van der Waals surface area contributed by atoms with Gasteiger partial charge in [0.1, 0.15) is 0 Å². The third-order valence-electron chi connectivity index (χ3n) is 11.4. The van der Waals surface area contributed by atoms with Crippen LogP contribution in [0.1, 0.15) is 82.3 Å². The summed E-state index contributed by atoms with van der Waals surface area (Å²) in [6.07, 6.45) is 5.84. The maximum absolute atomic E-state index is 12.7. The third kappa shape index (κ3) is 9.75. The van der Waals surface area contributed by atoms with Crippen LogP contribution in [-0.2, 0) is 35.7 Å². The van der Waals surface area contributed by atoms with Crippen LogP contribution in [0.4, 0.5) is 13.2 Å². The highest BCUT2D eigenvalue weighted by Crippen LogP contribution is 2.48. The van der Waals surface area contributed by atoms with E-state index in [4.69, 9.17) is 33.2 Å². The second-order valence-corrected chi connectivity index (χ2v) is 21.3. The van der Waals surface area contributed by atoms with Crippen molar-refractivity contribution in [3.63, 3.8) is 0 Å². The van der Waals surface area contributed by atoms with Crippen LogP contribution in [0.5, 0.6) is 0 Å². The number of sulfonamides is 1. The number of nitrogens with one attached hydrogen (secondary N) is 1. The van der Waals surface area contributed by atoms with Crippen LogP contribution in [0.3, 0.4) is 0 Å². The molecule has 1 N–H and O–H groups in total. The van der Waals surface area contributed by atoms with Gasteiger partial charge in [0.25, 0.3) is 0 Å². The molecular formula is C40H39Br4Cl2F3N4O2S. The van der Waals surface area contributed by atoms with Gasteiger partial charge in [-0.15, -0.1) is 0 Å². The third-order valence-corrected chi connectivity index (χ3v) is 15.9. The van der Waals surface area contributed by atoms with Crippen molar-refractivity contribution in [1.82, 2.24) is 19.6 Å². The first-order valence-corrected chi connectivity index (χ1v) is 24.1. The first-order valence-electron chi connectivity index (χ1n) is 18.6. The van der Waals surface area contributed by atoms with Gasteiger partial charge < -0.3 is 5.32 Å². The van der Waals surface area contributed by atoms with Crippen molar-refractivity contribution < 1.29 is 21.6 Å². The minimum absolute atomic E-state index is 0.0362. The van der Waals surface area contributed by atoms with Crippen LogP contribution in [0, 0.1) is 11.8 Å². The molecule has 0 bridgehead atoms. The second kappa shape index (κ2) is 17.9. The summed E-state index contributed by atoms with van der Waals surface area (Å²) in [4.78, 5) is 9.61. The second-order valence-electron chi connectivity index (χ2n) is 15.0. The van der Waals surface area contributed by atoms with Crippen LogP contribution in [0.15, 0.2) is 66.7 Å². The van der Waals surface area contributed by atoms with E-state index in [2.05, 4.69) is 87.2 Å². The Morgan fingerprint density at radius 1 is 0.679 bits per heavy atom. The van der Waals surface area contributed by atoms with Crippen molar-refractivity contribution in [1.29, 1.82) is 0 Å². The molecule has 2 saturated heterocycles. The number of nitrogens with zero attached hydrogens (tertiary/aromatic N) is 3. The summed E-state index contributed by atoms with van der Waals surface area (Å²) >= 11 is 27.2. The average Bonchev–Trinajstić information content (AvgIpc) is 3.39. The molecule has 0 spiro atoms. The first-order chi connectivity index (χ1) is 26.6. The van der Waals surface area contributed by atoms with Crippen molar-refractivity contribution in [2.45, 2.75) is 69.4 Å². The fourth-order valence-electron chi connectivity index (χ4n) is 9.02. The van der Waals surface area contributed by atoms with E-state index in [0.29, 0.717) is 29.7 Å². The number of hydrogen-bond acceptors (Lipinski definition) is 5. The molecule has 0 radical (unpaired) electrons. The molecule has 4 heterocycles. The monoisotopic (exact) mass is 1080 g/mol. The average molecular weight is 1090 g/mol. The molecule has 2 fully saturated rings. The number of alkyl halides is 3. The summed E-state index contributed by atoms with van der Waals surface area (Å²) < 4.78 is 67.6. The zero-order chi connectivity index (χ0) is 39.9. The Morgan fingerprint density at radius 3 is 1.55 bits per heavy atom. The van der Waals surface area contributed by atoms with Gasteiger partial charge in [0.15, 0.2) is 5.75 Å². The standard InChI is InChI=1S/C21H20Br2ClF3N2O2S.C19H19Br2ClN2/c22-15-7-14-2-1-13-8-16(24)9-17(23)18(13)19(20(14)28-10-15)12-3-5-29(6-4-12)32(30,31)11-21(25,26)27;20-14-7-13-2-1-12-8-15(22)9-16(21)17(12)18(19(13)24-10-14)11-3-5-23-6-4-11/h7-10,12,19H,1-6,11H2;7-11,18,23H,1-6H2. The largest absolute Gasteiger partial charge is 0.404 e. The molecule has 16 heteroatoms. The molecule has 0 amide bonds. The number of halogens is 9. The fraction of sp³-hybridized carbons (Fsp3) is 0.450. The quantitative estimate of drug-likeness (QED) is 0.220. The Bertz CT molecular complexity index is 2220. The SMILES string of the molecule is Clc1cc(Br)c2c(c1)CCc1cc(Br)cnc1C2C1CCNCC1.O=S(=O)(CC(F)(F)F)N1CCC(C2c3ncc(Br)cc3CCc3cc(Cl)cc(Br)c32)CC1. The highest BCUT2D eigenvalue weighted by atomic mass is 79.9. The number of fused-ring (bicyclic) bond motifs is 4. The van der Waals surface area contributed by atoms with E-state index in [-0.39, 0.29) is 24.9 Å². The molecule has 2 aliphatic carbocycles. The van der Waals surface area contributed by atoms with Gasteiger partial charge in [0.05, 0.1) is 11.4 Å². The van der Waals surface area contributed by atoms with Gasteiger partial charge in [0, 0.05) is 65.3 Å². The van der Waals surface area contributed by atoms with E-state index in [0.717, 1.165) is 88.4 Å². The van der Waals surface area contributed by atoms with Crippen LogP contribution >= 0.6 is 86.9 Å². The summed E-state index contributed by atoms with van der Waals surface area (Å²) in [7, 11) is -4.38. The van der Waals surface area contributed by atoms with Gasteiger partial charge in [-0.05, 0) is 178 Å². The Morgan fingerprint density at radius 2 is 1.11 bits per heavy atom. The highest BCUT2D eigenvalue weighted by Gasteiger charge is 2.42. The molecule has 2 aromatic heterocycles. The smallest absolute Gasteiger partial charge is 0.317 e. The number of benzene rings is 2. The van der Waals surface area contributed by atoms with Gasteiger partial charge in [-0.3, -0.25) is 9.97 Å². The Hall–Kier alpha value is -1.10. The predicted octanol–water partition coefficient (Wildman–Crippen LogP) is 11.6. The molecule has 0 saturated carbocycles. The predicted molar refractivity (Wildman–Crippen MR) is 230 cm³/mol. The molecule has 2 unspecified atom stereocenters. The highest BCUT2D eigenvalue weighted by molar-refractivity contribution is 9.11. The maximum atomic E-state index is 12.7. The molecular weight excluding hydrogens is 1050 g/mol. The van der Waals surface area contributed by atoms with E-state index in [1.165, 1.54) is 35.2 Å². The van der Waals surface area contributed by atoms with Crippen LogP contribution in [-0.4, -0.2) is 60.8 Å². The number of piperidine rings is 2. The van der Waals surface area contributed by atoms with Crippen LogP contribution in [0.25, 0.3) is 0 Å². The van der Waals surface area contributed by atoms with Gasteiger partial charge in [0.2, 0.25) is 10.0 Å². The van der Waals surface area contributed by atoms with E-state index < -0.39 is 22.0 Å². The molecule has 2 aromatic carbocycles. The van der Waals surface area contributed by atoms with Gasteiger partial charge in [-0.25, -0.2) is 12.7 Å². The van der Waals surface area contributed by atoms with E-state index in [9.17, 15) is 21.6 Å². The van der Waals surface area contributed by atoms with E-state index in [1.54, 1.807) is 6.20 Å². The van der Waals surface area contributed by atoms with Crippen molar-refractivity contribution in [3.05, 3.63) is 121 Å². The van der Waals surface area contributed by atoms with Crippen molar-refractivity contribution in [3.8, 4) is 0 Å². The van der Waals surface area contributed by atoms with Crippen LogP contribution in [0.2, 0.25) is 10.0 Å². The zero-order valence-corrected chi connectivity index (χ0v) is 38.8. The number of aromatic nitrogens is 2. The molecule has 6 nitrogen and oxygen atoms in total. The Kier molecular flexibility index (Phi) is 13.7. The van der Waals surface area contributed by atoms with Crippen molar-refractivity contribution in [2.24, 2.45) is 11.8 Å². The van der Waals surface area contributed by atoms with Crippen molar-refractivity contribution in [2.75, 3.05) is 31.9 Å². The van der Waals surface area contributed by atoms with Crippen molar-refractivity contribution >= 4 is 96.9 Å². The van der Waals surface area contributed by atoms with Crippen LogP contribution < -0.4 is 5.32 Å². The lowest BCUT2D eigenvalue weighted by Crippen LogP contribution is -2.43. The minimum Gasteiger partial charge on any atom is -0.317 e. The minimum atomic E-state index is -4.75. The molecule has 56 heavy (non-hydrogen) atoms. The lowest BCUT2D eigenvalue weighted by molar-refractivity contribution is -0.107. The molecule has 300 valence electrons. The van der Waals surface area contributed by atoms with Gasteiger partial charge in [-0.2, -0.15) is 13.2 Å². The Labute approximate surface area is 369 Å². The van der Waals surface area contributed by atoms with Gasteiger partial charge >= 0.3 is 6.18 Å². The normalized spacial score (nSPS) is 20.7. The zero-order valence-electron chi connectivity index (χ0n) is 30.1. The first kappa shape index (κ1) is 43.0. The number of rotatable bonds is 4. The summed E-state index contributed by atoms with van der Waals surface area (Å²) in [5.74, 6) is -0.921. The lowest BCUT2D eigenvalue weighted by atomic mass is 9.77. The molecule has 2 atom stereocenters. The number of pyridine rings is 2. The lowest BCUT2D eigenvalue weighted by Gasteiger charge is -2.36. The van der Waals surface area contributed by atoms with E-state index >= 15 is 0 Å². The number of hydrogen-bond donors (Lipinski definition) is 1. The summed E-state index contributed by atoms with van der Waals surface area (Å²) in [5.41, 5.74) is 9.63.